The standard InChI is InChI=1S/C30H24F6O2S2/c1-16-22(12-24(39-16)20-8-4-18(14-37)5-9-20)26-27(29(33,34)30(35,36)28(26,31)32)23-13-25(40-17(23)2)21-10-6-19(7-11-21)15-38-3/h4-13,37H,14-15H2,1-3H3. The second kappa shape index (κ2) is 10.2. The van der Waals surface area contributed by atoms with Crippen molar-refractivity contribution >= 4 is 33.8 Å². The highest BCUT2D eigenvalue weighted by Gasteiger charge is 2.80. The lowest BCUT2D eigenvalue weighted by Gasteiger charge is -2.25. The number of methoxy groups -OCH3 is 1. The molecule has 0 unspecified atom stereocenters. The van der Waals surface area contributed by atoms with E-state index in [4.69, 9.17) is 4.74 Å². The maximum atomic E-state index is 15.5. The van der Waals surface area contributed by atoms with E-state index >= 15 is 17.6 Å². The number of hydrogen-bond donors (Lipinski definition) is 1. The van der Waals surface area contributed by atoms with Gasteiger partial charge in [0.2, 0.25) is 0 Å². The fraction of sp³-hybridized carbons (Fsp3) is 0.267. The molecule has 4 aromatic rings. The number of benzene rings is 2. The highest BCUT2D eigenvalue weighted by molar-refractivity contribution is 7.16. The van der Waals surface area contributed by atoms with Crippen LogP contribution in [0.2, 0.25) is 0 Å². The number of rotatable bonds is 7. The van der Waals surface area contributed by atoms with Gasteiger partial charge in [0.1, 0.15) is 0 Å². The van der Waals surface area contributed by atoms with E-state index in [1.54, 1.807) is 55.6 Å². The molecule has 210 valence electrons. The Balaban J connectivity index is 1.69. The minimum Gasteiger partial charge on any atom is -0.392 e. The van der Waals surface area contributed by atoms with E-state index in [0.29, 0.717) is 33.1 Å². The van der Waals surface area contributed by atoms with Gasteiger partial charge in [-0.2, -0.15) is 26.3 Å². The first-order valence-electron chi connectivity index (χ1n) is 12.2. The molecule has 2 nitrogen and oxygen atoms in total. The third-order valence-electron chi connectivity index (χ3n) is 7.01. The fourth-order valence-electron chi connectivity index (χ4n) is 4.88. The third kappa shape index (κ3) is 4.41. The van der Waals surface area contributed by atoms with Gasteiger partial charge in [0.25, 0.3) is 0 Å². The predicted molar refractivity (Wildman–Crippen MR) is 147 cm³/mol. The van der Waals surface area contributed by atoms with Gasteiger partial charge in [-0.3, -0.25) is 0 Å². The van der Waals surface area contributed by atoms with Crippen molar-refractivity contribution in [2.45, 2.75) is 44.8 Å². The van der Waals surface area contributed by atoms with Gasteiger partial charge in [-0.05, 0) is 59.4 Å². The van der Waals surface area contributed by atoms with Crippen LogP contribution in [0.25, 0.3) is 32.0 Å². The largest absolute Gasteiger partial charge is 0.392 e. The molecule has 1 aliphatic rings. The van der Waals surface area contributed by atoms with Crippen LogP contribution < -0.4 is 0 Å². The normalized spacial score (nSPS) is 17.6. The van der Waals surface area contributed by atoms with Crippen LogP contribution in [-0.4, -0.2) is 30.0 Å². The molecule has 1 N–H and O–H groups in total. The molecule has 0 aliphatic heterocycles. The Hall–Kier alpha value is -2.92. The summed E-state index contributed by atoms with van der Waals surface area (Å²) in [5.41, 5.74) is -0.622. The monoisotopic (exact) mass is 594 g/mol. The summed E-state index contributed by atoms with van der Waals surface area (Å²) in [4.78, 5) is 1.38. The number of hydrogen-bond acceptors (Lipinski definition) is 4. The number of aliphatic hydroxyl groups excluding tert-OH is 1. The van der Waals surface area contributed by atoms with Crippen molar-refractivity contribution in [3.8, 4) is 20.9 Å². The zero-order valence-corrected chi connectivity index (χ0v) is 23.3. The van der Waals surface area contributed by atoms with E-state index in [9.17, 15) is 13.9 Å². The Bertz CT molecular complexity index is 1580. The first-order valence-corrected chi connectivity index (χ1v) is 13.9. The average molecular weight is 595 g/mol. The van der Waals surface area contributed by atoms with Crippen molar-refractivity contribution < 1.29 is 36.2 Å². The summed E-state index contributed by atoms with van der Waals surface area (Å²) in [5, 5.41) is 9.28. The average Bonchev–Trinajstić information content (AvgIpc) is 3.51. The van der Waals surface area contributed by atoms with E-state index in [2.05, 4.69) is 0 Å². The topological polar surface area (TPSA) is 29.5 Å². The summed E-state index contributed by atoms with van der Waals surface area (Å²) in [5.74, 6) is -15.9. The number of allylic oxidation sites excluding steroid dienone is 2. The van der Waals surface area contributed by atoms with E-state index in [1.165, 1.54) is 26.0 Å². The molecule has 10 heteroatoms. The molecule has 1 aliphatic carbocycles. The minimum atomic E-state index is -5.63. The van der Waals surface area contributed by atoms with Gasteiger partial charge in [0, 0.05) is 37.8 Å². The molecule has 2 aromatic heterocycles. The predicted octanol–water partition coefficient (Wildman–Crippen LogP) is 9.23. The lowest BCUT2D eigenvalue weighted by atomic mass is 9.94. The molecule has 5 rings (SSSR count). The second-order valence-corrected chi connectivity index (χ2v) is 12.1. The molecular weight excluding hydrogens is 570 g/mol. The number of thiophene rings is 2. The summed E-state index contributed by atoms with van der Waals surface area (Å²) in [6, 6.07) is 16.2. The van der Waals surface area contributed by atoms with Crippen molar-refractivity contribution in [1.29, 1.82) is 0 Å². The van der Waals surface area contributed by atoms with Gasteiger partial charge < -0.3 is 9.84 Å². The van der Waals surface area contributed by atoms with Gasteiger partial charge in [-0.1, -0.05) is 48.5 Å². The fourth-order valence-corrected chi connectivity index (χ4v) is 6.95. The Morgan fingerprint density at radius 3 is 1.45 bits per heavy atom. The Morgan fingerprint density at radius 2 is 1.07 bits per heavy atom. The summed E-state index contributed by atoms with van der Waals surface area (Å²) in [7, 11) is 1.55. The van der Waals surface area contributed by atoms with Crippen molar-refractivity contribution in [1.82, 2.24) is 0 Å². The van der Waals surface area contributed by atoms with Gasteiger partial charge in [0.05, 0.1) is 13.2 Å². The summed E-state index contributed by atoms with van der Waals surface area (Å²) in [6.45, 7) is 3.09. The zero-order valence-electron chi connectivity index (χ0n) is 21.6. The molecule has 0 spiro atoms. The molecule has 0 amide bonds. The Morgan fingerprint density at radius 1 is 0.675 bits per heavy atom. The first-order chi connectivity index (χ1) is 18.8. The smallest absolute Gasteiger partial charge is 0.380 e. The summed E-state index contributed by atoms with van der Waals surface area (Å²) >= 11 is 2.13. The van der Waals surface area contributed by atoms with E-state index in [0.717, 1.165) is 28.2 Å². The number of aryl methyl sites for hydroxylation is 2. The van der Waals surface area contributed by atoms with Crippen molar-refractivity contribution in [3.05, 3.63) is 92.7 Å². The van der Waals surface area contributed by atoms with E-state index in [1.807, 2.05) is 0 Å². The summed E-state index contributed by atoms with van der Waals surface area (Å²) in [6.07, 6.45) is 0. The Kier molecular flexibility index (Phi) is 7.27. The first kappa shape index (κ1) is 28.6. The molecular formula is C30H24F6O2S2. The SMILES string of the molecule is COCc1ccc(-c2cc(C3=C(c4cc(-c5ccc(CO)cc5)sc4C)C(F)(F)C(F)(F)C3(F)F)c(C)s2)cc1. The highest BCUT2D eigenvalue weighted by atomic mass is 32.1. The molecule has 0 atom stereocenters. The number of aliphatic hydroxyl groups is 1. The van der Waals surface area contributed by atoms with Gasteiger partial charge in [-0.15, -0.1) is 22.7 Å². The second-order valence-electron chi connectivity index (χ2n) is 9.62. The molecule has 0 radical (unpaired) electrons. The van der Waals surface area contributed by atoms with Crippen LogP contribution in [0.15, 0.2) is 60.7 Å². The highest BCUT2D eigenvalue weighted by Crippen LogP contribution is 2.66. The van der Waals surface area contributed by atoms with Crippen LogP contribution in [0.1, 0.15) is 32.0 Å². The van der Waals surface area contributed by atoms with Crippen LogP contribution >= 0.6 is 22.7 Å². The van der Waals surface area contributed by atoms with Crippen molar-refractivity contribution in [2.24, 2.45) is 0 Å². The van der Waals surface area contributed by atoms with Gasteiger partial charge in [-0.25, -0.2) is 0 Å². The number of alkyl halides is 6. The maximum absolute atomic E-state index is 15.5. The molecule has 0 saturated carbocycles. The maximum Gasteiger partial charge on any atom is 0.380 e. The number of ether oxygens (including phenoxy) is 1. The lowest BCUT2D eigenvalue weighted by molar-refractivity contribution is -0.254. The number of halogens is 6. The summed E-state index contributed by atoms with van der Waals surface area (Å²) < 4.78 is 96.8. The van der Waals surface area contributed by atoms with Crippen LogP contribution in [-0.2, 0) is 18.0 Å². The van der Waals surface area contributed by atoms with Crippen molar-refractivity contribution in [2.75, 3.05) is 7.11 Å². The molecule has 2 heterocycles. The zero-order chi connectivity index (χ0) is 29.0. The molecule has 0 bridgehead atoms. The molecule has 2 aromatic carbocycles. The van der Waals surface area contributed by atoms with E-state index in [-0.39, 0.29) is 27.5 Å². The minimum absolute atomic E-state index is 0.194. The molecule has 40 heavy (non-hydrogen) atoms. The molecule has 0 saturated heterocycles. The van der Waals surface area contributed by atoms with Crippen LogP contribution in [0.3, 0.4) is 0 Å². The van der Waals surface area contributed by atoms with Crippen LogP contribution in [0.4, 0.5) is 26.3 Å². The quantitative estimate of drug-likeness (QED) is 0.216. The van der Waals surface area contributed by atoms with Gasteiger partial charge >= 0.3 is 17.8 Å². The lowest BCUT2D eigenvalue weighted by Crippen LogP contribution is -2.48. The van der Waals surface area contributed by atoms with Crippen LogP contribution in [0.5, 0.6) is 0 Å². The van der Waals surface area contributed by atoms with Gasteiger partial charge in [0.15, 0.2) is 0 Å². The Labute approximate surface area is 235 Å². The van der Waals surface area contributed by atoms with Crippen LogP contribution in [0, 0.1) is 13.8 Å². The van der Waals surface area contributed by atoms with Crippen molar-refractivity contribution in [3.63, 3.8) is 0 Å². The third-order valence-corrected chi connectivity index (χ3v) is 9.21. The van der Waals surface area contributed by atoms with E-state index < -0.39 is 28.9 Å². The molecule has 0 fully saturated rings.